The molecule has 0 aliphatic rings. The highest BCUT2D eigenvalue weighted by Gasteiger charge is 2.25. The maximum Gasteiger partial charge on any atom is 0.241 e. The van der Waals surface area contributed by atoms with E-state index in [2.05, 4.69) is 14.7 Å². The number of nitrogens with one attached hydrogen (secondary N) is 1. The second kappa shape index (κ2) is 8.86. The van der Waals surface area contributed by atoms with Crippen molar-refractivity contribution in [3.05, 3.63) is 60.7 Å². The van der Waals surface area contributed by atoms with Crippen LogP contribution in [-0.2, 0) is 10.0 Å². The van der Waals surface area contributed by atoms with Gasteiger partial charge in [0, 0.05) is 35.1 Å². The molecule has 2 aromatic carbocycles. The molecule has 0 aliphatic heterocycles. The van der Waals surface area contributed by atoms with Gasteiger partial charge in [-0.25, -0.2) is 27.5 Å². The average Bonchev–Trinajstić information content (AvgIpc) is 2.72. The van der Waals surface area contributed by atoms with Gasteiger partial charge in [0.25, 0.3) is 0 Å². The molecule has 0 spiro atoms. The molecule has 158 valence electrons. The summed E-state index contributed by atoms with van der Waals surface area (Å²) in [6, 6.07) is 10.2. The Morgan fingerprint density at radius 2 is 1.73 bits per heavy atom. The van der Waals surface area contributed by atoms with E-state index in [1.54, 1.807) is 30.3 Å². The largest absolute Gasteiger partial charge is 0.395 e. The van der Waals surface area contributed by atoms with E-state index in [1.165, 1.54) is 24.5 Å². The number of hydrogen-bond donors (Lipinski definition) is 3. The molecule has 0 amide bonds. The van der Waals surface area contributed by atoms with Crippen LogP contribution in [0.1, 0.15) is 13.8 Å². The first-order chi connectivity index (χ1) is 14.2. The van der Waals surface area contributed by atoms with Crippen LogP contribution in [-0.4, -0.2) is 36.1 Å². The first-order valence-electron chi connectivity index (χ1n) is 9.33. The van der Waals surface area contributed by atoms with Crippen LogP contribution in [0, 0.1) is 11.7 Å². The molecule has 0 aliphatic carbocycles. The number of aromatic nitrogens is 2. The van der Waals surface area contributed by atoms with Crippen LogP contribution < -0.4 is 10.5 Å². The molecule has 0 saturated carbocycles. The van der Waals surface area contributed by atoms with Crippen LogP contribution >= 0.6 is 0 Å². The second-order valence-corrected chi connectivity index (χ2v) is 8.86. The lowest BCUT2D eigenvalue weighted by molar-refractivity contribution is 0.227. The Labute approximate surface area is 174 Å². The van der Waals surface area contributed by atoms with Crippen molar-refractivity contribution in [3.63, 3.8) is 0 Å². The van der Waals surface area contributed by atoms with E-state index in [9.17, 15) is 17.9 Å². The van der Waals surface area contributed by atoms with Gasteiger partial charge in [0.1, 0.15) is 5.82 Å². The number of halogens is 1. The van der Waals surface area contributed by atoms with Gasteiger partial charge in [-0.3, -0.25) is 0 Å². The van der Waals surface area contributed by atoms with Gasteiger partial charge in [-0.15, -0.1) is 0 Å². The number of benzene rings is 2. The van der Waals surface area contributed by atoms with E-state index < -0.39 is 21.9 Å². The first kappa shape index (κ1) is 21.8. The fourth-order valence-corrected chi connectivity index (χ4v) is 4.59. The van der Waals surface area contributed by atoms with Gasteiger partial charge in [0.05, 0.1) is 11.5 Å². The first-order valence-corrected chi connectivity index (χ1v) is 10.8. The van der Waals surface area contributed by atoms with E-state index >= 15 is 0 Å². The maximum absolute atomic E-state index is 14.8. The Balaban J connectivity index is 2.01. The predicted molar refractivity (Wildman–Crippen MR) is 113 cm³/mol. The number of rotatable bonds is 7. The number of aliphatic hydroxyl groups excluding tert-OH is 1. The molecule has 0 radical (unpaired) electrons. The summed E-state index contributed by atoms with van der Waals surface area (Å²) in [5.74, 6) is -0.558. The molecule has 30 heavy (non-hydrogen) atoms. The lowest BCUT2D eigenvalue weighted by Gasteiger charge is -2.21. The van der Waals surface area contributed by atoms with Crippen molar-refractivity contribution in [1.29, 1.82) is 0 Å². The zero-order chi connectivity index (χ0) is 21.9. The van der Waals surface area contributed by atoms with E-state index in [1.807, 2.05) is 13.8 Å². The van der Waals surface area contributed by atoms with Crippen LogP contribution in [0.25, 0.3) is 22.3 Å². The third kappa shape index (κ3) is 4.64. The normalized spacial score (nSPS) is 12.8. The molecule has 4 N–H and O–H groups in total. The predicted octanol–water partition coefficient (Wildman–Crippen LogP) is 2.83. The van der Waals surface area contributed by atoms with Crippen LogP contribution in [0.3, 0.4) is 0 Å². The molecule has 1 atom stereocenters. The minimum atomic E-state index is -3.94. The van der Waals surface area contributed by atoms with Gasteiger partial charge in [0.15, 0.2) is 0 Å². The van der Waals surface area contributed by atoms with Crippen LogP contribution in [0.2, 0.25) is 0 Å². The zero-order valence-electron chi connectivity index (χ0n) is 16.6. The lowest BCUT2D eigenvalue weighted by Crippen LogP contribution is -2.41. The Morgan fingerprint density at radius 1 is 1.07 bits per heavy atom. The molecule has 3 rings (SSSR count). The topological polar surface area (TPSA) is 118 Å². The van der Waals surface area contributed by atoms with Gasteiger partial charge in [-0.05, 0) is 23.6 Å². The molecule has 9 heteroatoms. The summed E-state index contributed by atoms with van der Waals surface area (Å²) < 4.78 is 43.3. The Bertz CT molecular complexity index is 1140. The quantitative estimate of drug-likeness (QED) is 0.530. The number of nitrogens with two attached hydrogens (primary N) is 1. The number of nitrogen functional groups attached to an aromatic ring is 1. The molecule has 3 aromatic rings. The third-order valence-electron chi connectivity index (χ3n) is 4.75. The summed E-state index contributed by atoms with van der Waals surface area (Å²) in [4.78, 5) is 7.74. The van der Waals surface area contributed by atoms with E-state index in [-0.39, 0.29) is 28.9 Å². The summed E-state index contributed by atoms with van der Waals surface area (Å²) in [7, 11) is -3.94. The van der Waals surface area contributed by atoms with Gasteiger partial charge in [0.2, 0.25) is 16.0 Å². The molecular weight excluding hydrogens is 407 g/mol. The molecule has 0 fully saturated rings. The van der Waals surface area contributed by atoms with E-state index in [4.69, 9.17) is 5.73 Å². The number of aliphatic hydroxyl groups is 1. The molecule has 1 aromatic heterocycles. The molecule has 0 bridgehead atoms. The van der Waals surface area contributed by atoms with Crippen molar-refractivity contribution in [2.45, 2.75) is 24.8 Å². The highest BCUT2D eigenvalue weighted by Crippen LogP contribution is 2.31. The SMILES string of the molecule is CC(C)[C@@H](CO)NS(=O)(=O)c1ccccc1-c1ccc(-c2cnc(N)nc2)c(F)c1. The minimum Gasteiger partial charge on any atom is -0.395 e. The molecule has 7 nitrogen and oxygen atoms in total. The van der Waals surface area contributed by atoms with Gasteiger partial charge in [-0.2, -0.15) is 0 Å². The van der Waals surface area contributed by atoms with E-state index in [0.717, 1.165) is 0 Å². The van der Waals surface area contributed by atoms with Crippen molar-refractivity contribution in [2.24, 2.45) is 5.92 Å². The Kier molecular flexibility index (Phi) is 6.45. The monoisotopic (exact) mass is 430 g/mol. The zero-order valence-corrected chi connectivity index (χ0v) is 17.4. The fraction of sp³-hybridized carbons (Fsp3) is 0.238. The molecule has 0 saturated heterocycles. The standard InChI is InChI=1S/C21H23FN4O3S/c1-13(2)19(12-27)26-30(28,29)20-6-4-3-5-17(20)14-7-8-16(18(22)9-14)15-10-24-21(23)25-11-15/h3-11,13,19,26-27H,12H2,1-2H3,(H2,23,24,25)/t19-/m1/s1. The van der Waals surface area contributed by atoms with Gasteiger partial charge < -0.3 is 10.8 Å². The molecular formula is C21H23FN4O3S. The number of hydrogen-bond acceptors (Lipinski definition) is 6. The van der Waals surface area contributed by atoms with Crippen LogP contribution in [0.4, 0.5) is 10.3 Å². The summed E-state index contributed by atoms with van der Waals surface area (Å²) in [6.07, 6.45) is 2.84. The molecule has 0 unspecified atom stereocenters. The van der Waals surface area contributed by atoms with Gasteiger partial charge >= 0.3 is 0 Å². The minimum absolute atomic E-state index is 0.00654. The fourth-order valence-electron chi connectivity index (χ4n) is 2.98. The average molecular weight is 431 g/mol. The van der Waals surface area contributed by atoms with Crippen molar-refractivity contribution in [2.75, 3.05) is 12.3 Å². The summed E-state index contributed by atoms with van der Waals surface area (Å²) in [6.45, 7) is 3.29. The number of nitrogens with zero attached hydrogens (tertiary/aromatic N) is 2. The third-order valence-corrected chi connectivity index (χ3v) is 6.30. The molecule has 1 heterocycles. The highest BCUT2D eigenvalue weighted by atomic mass is 32.2. The van der Waals surface area contributed by atoms with Crippen molar-refractivity contribution < 1.29 is 17.9 Å². The number of anilines is 1. The van der Waals surface area contributed by atoms with Crippen molar-refractivity contribution in [1.82, 2.24) is 14.7 Å². The smallest absolute Gasteiger partial charge is 0.241 e. The maximum atomic E-state index is 14.8. The lowest BCUT2D eigenvalue weighted by atomic mass is 10.0. The Hall–Kier alpha value is -2.88. The summed E-state index contributed by atoms with van der Waals surface area (Å²) in [5, 5.41) is 9.49. The van der Waals surface area contributed by atoms with Crippen molar-refractivity contribution in [3.8, 4) is 22.3 Å². The van der Waals surface area contributed by atoms with Gasteiger partial charge in [-0.1, -0.05) is 44.2 Å². The van der Waals surface area contributed by atoms with Crippen LogP contribution in [0.5, 0.6) is 0 Å². The van der Waals surface area contributed by atoms with Crippen LogP contribution in [0.15, 0.2) is 59.8 Å². The second-order valence-electron chi connectivity index (χ2n) is 7.18. The summed E-state index contributed by atoms with van der Waals surface area (Å²) in [5.41, 5.74) is 6.95. The number of sulfonamides is 1. The summed E-state index contributed by atoms with van der Waals surface area (Å²) >= 11 is 0. The highest BCUT2D eigenvalue weighted by molar-refractivity contribution is 7.89. The Morgan fingerprint density at radius 3 is 2.33 bits per heavy atom. The van der Waals surface area contributed by atoms with Crippen molar-refractivity contribution >= 4 is 16.0 Å². The van der Waals surface area contributed by atoms with E-state index in [0.29, 0.717) is 16.7 Å².